The summed E-state index contributed by atoms with van der Waals surface area (Å²) in [6.45, 7) is 2.26. The molecule has 0 bridgehead atoms. The fourth-order valence-electron chi connectivity index (χ4n) is 2.26. The van der Waals surface area contributed by atoms with Gasteiger partial charge in [-0.15, -0.1) is 0 Å². The van der Waals surface area contributed by atoms with E-state index in [2.05, 4.69) is 5.32 Å². The molecule has 1 heterocycles. The summed E-state index contributed by atoms with van der Waals surface area (Å²) in [5, 5.41) is 2.17. The molecule has 120 valence electrons. The van der Waals surface area contributed by atoms with Crippen molar-refractivity contribution >= 4 is 18.0 Å². The molecule has 5 nitrogen and oxygen atoms in total. The lowest BCUT2D eigenvalue weighted by molar-refractivity contribution is -0.137. The summed E-state index contributed by atoms with van der Waals surface area (Å²) >= 11 is 0. The van der Waals surface area contributed by atoms with Gasteiger partial charge < -0.3 is 15.1 Å². The molecule has 22 heavy (non-hydrogen) atoms. The van der Waals surface area contributed by atoms with Gasteiger partial charge in [0.15, 0.2) is 0 Å². The van der Waals surface area contributed by atoms with E-state index in [-0.39, 0.29) is 17.7 Å². The van der Waals surface area contributed by atoms with Crippen LogP contribution >= 0.6 is 0 Å². The molecule has 0 saturated carbocycles. The monoisotopic (exact) mass is 315 g/mol. The van der Waals surface area contributed by atoms with Crippen molar-refractivity contribution in [1.29, 1.82) is 0 Å². The standard InChI is InChI=1S/C14H16F3N3O2/c1-19-2-4-20(5-3-19)13(22)10-6-11(14(15,16)17)8-12(7-10)18-9-21/h6-9H,2-5H2,1H3,(H,18,21). The molecule has 1 saturated heterocycles. The highest BCUT2D eigenvalue weighted by molar-refractivity contribution is 5.96. The van der Waals surface area contributed by atoms with Crippen molar-refractivity contribution in [2.45, 2.75) is 6.18 Å². The first-order chi connectivity index (χ1) is 10.3. The second kappa shape index (κ2) is 6.35. The van der Waals surface area contributed by atoms with E-state index in [4.69, 9.17) is 0 Å². The maximum Gasteiger partial charge on any atom is 0.416 e. The highest BCUT2D eigenvalue weighted by Crippen LogP contribution is 2.32. The Bertz CT molecular complexity index is 567. The van der Waals surface area contributed by atoms with Gasteiger partial charge in [0.1, 0.15) is 0 Å². The fraction of sp³-hybridized carbons (Fsp3) is 0.429. The first-order valence-electron chi connectivity index (χ1n) is 6.71. The van der Waals surface area contributed by atoms with Crippen LogP contribution in [-0.4, -0.2) is 55.3 Å². The third-order valence-corrected chi connectivity index (χ3v) is 3.52. The number of nitrogens with zero attached hydrogens (tertiary/aromatic N) is 2. The number of carbonyl (C=O) groups excluding carboxylic acids is 2. The zero-order chi connectivity index (χ0) is 16.3. The molecular formula is C14H16F3N3O2. The summed E-state index contributed by atoms with van der Waals surface area (Å²) in [6, 6.07) is 2.87. The van der Waals surface area contributed by atoms with Crippen molar-refractivity contribution in [2.24, 2.45) is 0 Å². The second-order valence-corrected chi connectivity index (χ2v) is 5.15. The lowest BCUT2D eigenvalue weighted by Gasteiger charge is -2.32. The minimum atomic E-state index is -4.59. The molecular weight excluding hydrogens is 299 g/mol. The Morgan fingerprint density at radius 1 is 1.18 bits per heavy atom. The number of anilines is 1. The zero-order valence-corrected chi connectivity index (χ0v) is 12.0. The highest BCUT2D eigenvalue weighted by Gasteiger charge is 2.32. The normalized spacial score (nSPS) is 16.5. The average molecular weight is 315 g/mol. The summed E-state index contributed by atoms with van der Waals surface area (Å²) in [4.78, 5) is 26.4. The van der Waals surface area contributed by atoms with Gasteiger partial charge in [0, 0.05) is 37.4 Å². The van der Waals surface area contributed by atoms with Gasteiger partial charge in [-0.25, -0.2) is 0 Å². The van der Waals surface area contributed by atoms with Crippen molar-refractivity contribution in [2.75, 3.05) is 38.5 Å². The topological polar surface area (TPSA) is 52.6 Å². The molecule has 0 aromatic heterocycles. The summed E-state index contributed by atoms with van der Waals surface area (Å²) in [5.74, 6) is -0.465. The number of carbonyl (C=O) groups is 2. The van der Waals surface area contributed by atoms with Gasteiger partial charge in [0.05, 0.1) is 5.56 Å². The molecule has 1 aliphatic heterocycles. The smallest absolute Gasteiger partial charge is 0.336 e. The molecule has 0 spiro atoms. The number of piperazine rings is 1. The molecule has 1 aromatic carbocycles. The molecule has 0 aliphatic carbocycles. The number of nitrogens with one attached hydrogen (secondary N) is 1. The number of likely N-dealkylation sites (N-methyl/N-ethyl adjacent to an activating group) is 1. The van der Waals surface area contributed by atoms with Crippen molar-refractivity contribution in [1.82, 2.24) is 9.80 Å². The average Bonchev–Trinajstić information content (AvgIpc) is 2.46. The van der Waals surface area contributed by atoms with Gasteiger partial charge in [-0.1, -0.05) is 0 Å². The Morgan fingerprint density at radius 2 is 1.82 bits per heavy atom. The largest absolute Gasteiger partial charge is 0.416 e. The van der Waals surface area contributed by atoms with Gasteiger partial charge in [0.25, 0.3) is 5.91 Å². The number of halogens is 3. The van der Waals surface area contributed by atoms with Crippen LogP contribution < -0.4 is 5.32 Å². The van der Waals surface area contributed by atoms with Crippen molar-refractivity contribution in [3.63, 3.8) is 0 Å². The highest BCUT2D eigenvalue weighted by atomic mass is 19.4. The van der Waals surface area contributed by atoms with Crippen molar-refractivity contribution in [3.05, 3.63) is 29.3 Å². The van der Waals surface area contributed by atoms with Crippen LogP contribution in [0.25, 0.3) is 0 Å². The molecule has 8 heteroatoms. The van der Waals surface area contributed by atoms with E-state index >= 15 is 0 Å². The molecule has 0 unspecified atom stereocenters. The van der Waals surface area contributed by atoms with Crippen LogP contribution in [0.1, 0.15) is 15.9 Å². The third-order valence-electron chi connectivity index (χ3n) is 3.52. The summed E-state index contributed by atoms with van der Waals surface area (Å²) in [7, 11) is 1.91. The lowest BCUT2D eigenvalue weighted by Crippen LogP contribution is -2.47. The van der Waals surface area contributed by atoms with Crippen LogP contribution in [0.15, 0.2) is 18.2 Å². The van der Waals surface area contributed by atoms with Crippen LogP contribution in [0.2, 0.25) is 0 Å². The zero-order valence-electron chi connectivity index (χ0n) is 12.0. The van der Waals surface area contributed by atoms with Crippen LogP contribution in [0.4, 0.5) is 18.9 Å². The second-order valence-electron chi connectivity index (χ2n) is 5.15. The SMILES string of the molecule is CN1CCN(C(=O)c2cc(NC=O)cc(C(F)(F)F)c2)CC1. The van der Waals surface area contributed by atoms with E-state index in [0.29, 0.717) is 26.2 Å². The molecule has 1 N–H and O–H groups in total. The van der Waals surface area contributed by atoms with Gasteiger partial charge in [0.2, 0.25) is 6.41 Å². The Kier molecular flexibility index (Phi) is 4.70. The number of hydrogen-bond donors (Lipinski definition) is 1. The first-order valence-corrected chi connectivity index (χ1v) is 6.71. The molecule has 0 atom stereocenters. The molecule has 1 aliphatic rings. The van der Waals surface area contributed by atoms with E-state index in [1.165, 1.54) is 11.0 Å². The summed E-state index contributed by atoms with van der Waals surface area (Å²) < 4.78 is 38.7. The molecule has 1 aromatic rings. The lowest BCUT2D eigenvalue weighted by atomic mass is 10.1. The van der Waals surface area contributed by atoms with Gasteiger partial charge in [-0.05, 0) is 25.2 Å². The van der Waals surface area contributed by atoms with Crippen LogP contribution in [0.5, 0.6) is 0 Å². The van der Waals surface area contributed by atoms with Crippen molar-refractivity contribution in [3.8, 4) is 0 Å². The van der Waals surface area contributed by atoms with Crippen LogP contribution in [0, 0.1) is 0 Å². The van der Waals surface area contributed by atoms with Crippen LogP contribution in [0.3, 0.4) is 0 Å². The Labute approximate surface area is 125 Å². The molecule has 0 radical (unpaired) electrons. The minimum Gasteiger partial charge on any atom is -0.336 e. The Balaban J connectivity index is 2.30. The number of alkyl halides is 3. The predicted molar refractivity (Wildman–Crippen MR) is 74.5 cm³/mol. The minimum absolute atomic E-state index is 0.0534. The fourth-order valence-corrected chi connectivity index (χ4v) is 2.26. The Morgan fingerprint density at radius 3 is 2.36 bits per heavy atom. The molecule has 1 fully saturated rings. The predicted octanol–water partition coefficient (Wildman–Crippen LogP) is 1.66. The van der Waals surface area contributed by atoms with Gasteiger partial charge in [-0.3, -0.25) is 9.59 Å². The van der Waals surface area contributed by atoms with Crippen LogP contribution in [-0.2, 0) is 11.0 Å². The maximum atomic E-state index is 12.9. The summed E-state index contributed by atoms with van der Waals surface area (Å²) in [6.07, 6.45) is -4.31. The maximum absolute atomic E-state index is 12.9. The number of rotatable bonds is 3. The number of amides is 2. The quantitative estimate of drug-likeness (QED) is 0.863. The van der Waals surface area contributed by atoms with E-state index in [0.717, 1.165) is 12.1 Å². The molecule has 2 rings (SSSR count). The summed E-state index contributed by atoms with van der Waals surface area (Å²) in [5.41, 5.74) is -1.09. The number of hydrogen-bond acceptors (Lipinski definition) is 3. The molecule has 2 amide bonds. The van der Waals surface area contributed by atoms with E-state index < -0.39 is 17.6 Å². The van der Waals surface area contributed by atoms with Crippen molar-refractivity contribution < 1.29 is 22.8 Å². The first kappa shape index (κ1) is 16.3. The number of benzene rings is 1. The van der Waals surface area contributed by atoms with E-state index in [9.17, 15) is 22.8 Å². The Hall–Kier alpha value is -2.09. The van der Waals surface area contributed by atoms with E-state index in [1.807, 2.05) is 11.9 Å². The third kappa shape index (κ3) is 3.76. The van der Waals surface area contributed by atoms with Gasteiger partial charge >= 0.3 is 6.18 Å². The van der Waals surface area contributed by atoms with Gasteiger partial charge in [-0.2, -0.15) is 13.2 Å². The van der Waals surface area contributed by atoms with E-state index in [1.54, 1.807) is 0 Å².